The first-order valence-corrected chi connectivity index (χ1v) is 13.2. The molecule has 10 nitrogen and oxygen atoms in total. The van der Waals surface area contributed by atoms with Crippen LogP contribution in [-0.2, 0) is 4.79 Å². The van der Waals surface area contributed by atoms with Gasteiger partial charge in [-0.3, -0.25) is 14.4 Å². The quantitative estimate of drug-likeness (QED) is 0.107. The lowest BCUT2D eigenvalue weighted by Crippen LogP contribution is -2.18. The molecule has 0 aliphatic rings. The Morgan fingerprint density at radius 3 is 2.19 bits per heavy atom. The fourth-order valence-electron chi connectivity index (χ4n) is 3.83. The third-order valence-electron chi connectivity index (χ3n) is 5.88. The van der Waals surface area contributed by atoms with Gasteiger partial charge in [0.1, 0.15) is 5.75 Å². The summed E-state index contributed by atoms with van der Waals surface area (Å²) in [4.78, 5) is 49.2. The fraction of sp³-hybridized carbons (Fsp3) is 0.0938. The summed E-state index contributed by atoms with van der Waals surface area (Å²) < 4.78 is 15.8. The molecule has 0 heterocycles. The molecule has 0 aliphatic heterocycles. The van der Waals surface area contributed by atoms with Crippen LogP contribution in [0, 0.1) is 6.92 Å². The molecule has 4 rings (SSSR count). The van der Waals surface area contributed by atoms with E-state index >= 15 is 0 Å². The second kappa shape index (κ2) is 13.9. The lowest BCUT2D eigenvalue weighted by Gasteiger charge is -2.11. The molecule has 2 amide bonds. The molecular weight excluding hydrogens is 574 g/mol. The molecule has 0 spiro atoms. The van der Waals surface area contributed by atoms with Crippen molar-refractivity contribution >= 4 is 47.3 Å². The van der Waals surface area contributed by atoms with Crippen molar-refractivity contribution in [3.05, 3.63) is 118 Å². The summed E-state index contributed by atoms with van der Waals surface area (Å²) in [6, 6.07) is 22.3. The van der Waals surface area contributed by atoms with Crippen molar-refractivity contribution in [1.29, 1.82) is 0 Å². The molecule has 0 saturated carbocycles. The van der Waals surface area contributed by atoms with Gasteiger partial charge in [-0.15, -0.1) is 0 Å². The molecule has 0 aliphatic carbocycles. The van der Waals surface area contributed by atoms with Gasteiger partial charge in [-0.05, 0) is 79.7 Å². The Labute approximate surface area is 252 Å². The highest BCUT2D eigenvalue weighted by atomic mass is 35.5. The van der Waals surface area contributed by atoms with Crippen LogP contribution in [-0.4, -0.2) is 37.1 Å². The molecule has 11 heteroatoms. The molecular formula is C32H26ClN3O7. The van der Waals surface area contributed by atoms with Gasteiger partial charge in [-0.1, -0.05) is 29.3 Å². The second-order valence-corrected chi connectivity index (χ2v) is 9.57. The number of amides is 2. The highest BCUT2D eigenvalue weighted by Gasteiger charge is 2.16. The number of rotatable bonds is 9. The number of carbonyl (C=O) groups is 4. The van der Waals surface area contributed by atoms with Gasteiger partial charge in [-0.25, -0.2) is 10.2 Å². The minimum atomic E-state index is -0.719. The van der Waals surface area contributed by atoms with Gasteiger partial charge in [0, 0.05) is 34.3 Å². The standard InChI is InChI=1S/C32H26ClN3O7/c1-19-5-4-6-22(15-19)30(38)35-26-11-7-21(8-12-26)31(39)36-34-18-24-16-25(33)10-14-27(24)43-32(40)23-9-13-28(42-20(2)37)29(17-23)41-3/h4-18H,1-3H3,(H,35,38)(H,36,39)/b34-18+. The van der Waals surface area contributed by atoms with Crippen LogP contribution in [0.15, 0.2) is 90.0 Å². The number of carbonyl (C=O) groups excluding carboxylic acids is 4. The first-order chi connectivity index (χ1) is 20.6. The zero-order valence-corrected chi connectivity index (χ0v) is 24.1. The van der Waals surface area contributed by atoms with E-state index in [0.29, 0.717) is 27.4 Å². The normalized spacial score (nSPS) is 10.6. The number of ether oxygens (including phenoxy) is 3. The summed E-state index contributed by atoms with van der Waals surface area (Å²) in [6.45, 7) is 3.15. The third kappa shape index (κ3) is 8.27. The zero-order valence-electron chi connectivity index (χ0n) is 23.3. The van der Waals surface area contributed by atoms with Crippen molar-refractivity contribution in [1.82, 2.24) is 5.43 Å². The van der Waals surface area contributed by atoms with Crippen LogP contribution in [0.3, 0.4) is 0 Å². The Morgan fingerprint density at radius 1 is 0.767 bits per heavy atom. The van der Waals surface area contributed by atoms with E-state index in [2.05, 4.69) is 15.8 Å². The zero-order chi connectivity index (χ0) is 30.9. The Hall–Kier alpha value is -5.48. The molecule has 0 aromatic heterocycles. The fourth-order valence-corrected chi connectivity index (χ4v) is 4.01. The van der Waals surface area contributed by atoms with Gasteiger partial charge in [0.25, 0.3) is 11.8 Å². The topological polar surface area (TPSA) is 132 Å². The number of hydrogen-bond donors (Lipinski definition) is 2. The van der Waals surface area contributed by atoms with Crippen LogP contribution in [0.2, 0.25) is 5.02 Å². The molecule has 0 bridgehead atoms. The summed E-state index contributed by atoms with van der Waals surface area (Å²) in [7, 11) is 1.37. The molecule has 2 N–H and O–H groups in total. The number of anilines is 1. The molecule has 0 atom stereocenters. The molecule has 218 valence electrons. The highest BCUT2D eigenvalue weighted by molar-refractivity contribution is 6.31. The molecule has 43 heavy (non-hydrogen) atoms. The summed E-state index contributed by atoms with van der Waals surface area (Å²) in [6.07, 6.45) is 1.28. The highest BCUT2D eigenvalue weighted by Crippen LogP contribution is 2.29. The number of hydrazone groups is 1. The van der Waals surface area contributed by atoms with E-state index in [0.717, 1.165) is 5.56 Å². The first kappa shape index (κ1) is 30.5. The predicted octanol–water partition coefficient (Wildman–Crippen LogP) is 5.82. The van der Waals surface area contributed by atoms with E-state index in [1.54, 1.807) is 42.5 Å². The molecule has 0 radical (unpaired) electrons. The van der Waals surface area contributed by atoms with Crippen LogP contribution in [0.5, 0.6) is 17.2 Å². The van der Waals surface area contributed by atoms with Crippen LogP contribution in [0.25, 0.3) is 0 Å². The minimum absolute atomic E-state index is 0.129. The average Bonchev–Trinajstić information content (AvgIpc) is 2.98. The maximum Gasteiger partial charge on any atom is 0.343 e. The second-order valence-electron chi connectivity index (χ2n) is 9.13. The minimum Gasteiger partial charge on any atom is -0.493 e. The van der Waals surface area contributed by atoms with Gasteiger partial charge in [0.05, 0.1) is 18.9 Å². The Morgan fingerprint density at radius 2 is 1.49 bits per heavy atom. The maximum absolute atomic E-state index is 12.9. The summed E-state index contributed by atoms with van der Waals surface area (Å²) in [5.41, 5.74) is 5.18. The monoisotopic (exact) mass is 599 g/mol. The van der Waals surface area contributed by atoms with Crippen LogP contribution >= 0.6 is 11.6 Å². The Balaban J connectivity index is 1.40. The SMILES string of the molecule is COc1cc(C(=O)Oc2ccc(Cl)cc2/C=N/NC(=O)c2ccc(NC(=O)c3cccc(C)c3)cc2)ccc1OC(C)=O. The lowest BCUT2D eigenvalue weighted by molar-refractivity contribution is -0.132. The van der Waals surface area contributed by atoms with E-state index in [9.17, 15) is 19.2 Å². The van der Waals surface area contributed by atoms with Crippen LogP contribution in [0.1, 0.15) is 49.1 Å². The third-order valence-corrected chi connectivity index (χ3v) is 6.12. The number of benzene rings is 4. The number of nitrogens with zero attached hydrogens (tertiary/aromatic N) is 1. The van der Waals surface area contributed by atoms with Gasteiger partial charge in [0.2, 0.25) is 0 Å². The Bertz CT molecular complexity index is 1720. The number of esters is 2. The number of aryl methyl sites for hydroxylation is 1. The number of halogens is 1. The molecule has 4 aromatic carbocycles. The van der Waals surface area contributed by atoms with Gasteiger partial charge in [-0.2, -0.15) is 5.10 Å². The van der Waals surface area contributed by atoms with Crippen LogP contribution < -0.4 is 25.0 Å². The van der Waals surface area contributed by atoms with Gasteiger partial charge < -0.3 is 19.5 Å². The lowest BCUT2D eigenvalue weighted by atomic mass is 10.1. The van der Waals surface area contributed by atoms with Gasteiger partial charge in [0.15, 0.2) is 11.5 Å². The van der Waals surface area contributed by atoms with Crippen LogP contribution in [0.4, 0.5) is 5.69 Å². The summed E-state index contributed by atoms with van der Waals surface area (Å²) in [5.74, 6) is -1.57. The molecule has 0 fully saturated rings. The van der Waals surface area contributed by atoms with E-state index in [-0.39, 0.29) is 28.7 Å². The largest absolute Gasteiger partial charge is 0.493 e. The predicted molar refractivity (Wildman–Crippen MR) is 161 cm³/mol. The van der Waals surface area contributed by atoms with Crippen molar-refractivity contribution in [2.45, 2.75) is 13.8 Å². The smallest absolute Gasteiger partial charge is 0.343 e. The van der Waals surface area contributed by atoms with Crippen molar-refractivity contribution in [2.24, 2.45) is 5.10 Å². The summed E-state index contributed by atoms with van der Waals surface area (Å²) >= 11 is 6.13. The van der Waals surface area contributed by atoms with E-state index in [4.69, 9.17) is 25.8 Å². The number of methoxy groups -OCH3 is 1. The van der Waals surface area contributed by atoms with E-state index in [1.165, 1.54) is 56.6 Å². The van der Waals surface area contributed by atoms with E-state index in [1.807, 2.05) is 13.0 Å². The van der Waals surface area contributed by atoms with E-state index < -0.39 is 17.8 Å². The average molecular weight is 600 g/mol. The molecule has 0 unspecified atom stereocenters. The number of nitrogens with one attached hydrogen (secondary N) is 2. The van der Waals surface area contributed by atoms with Crippen molar-refractivity contribution in [2.75, 3.05) is 12.4 Å². The van der Waals surface area contributed by atoms with Crippen molar-refractivity contribution in [3.63, 3.8) is 0 Å². The van der Waals surface area contributed by atoms with Crippen molar-refractivity contribution in [3.8, 4) is 17.2 Å². The first-order valence-electron chi connectivity index (χ1n) is 12.8. The molecule has 4 aromatic rings. The maximum atomic E-state index is 12.9. The van der Waals surface area contributed by atoms with Gasteiger partial charge >= 0.3 is 11.9 Å². The molecule has 0 saturated heterocycles. The summed E-state index contributed by atoms with van der Waals surface area (Å²) in [5, 5.41) is 7.11. The Kier molecular flexibility index (Phi) is 9.87. The van der Waals surface area contributed by atoms with Crippen molar-refractivity contribution < 1.29 is 33.4 Å². The number of hydrogen-bond acceptors (Lipinski definition) is 8.